The van der Waals surface area contributed by atoms with Gasteiger partial charge in [0.05, 0.1) is 5.69 Å². The average Bonchev–Trinajstić information content (AvgIpc) is 2.37. The van der Waals surface area contributed by atoms with Crippen LogP contribution in [0.4, 0.5) is 5.69 Å². The minimum atomic E-state index is 0.497. The molecule has 2 rings (SSSR count). The molecule has 0 aliphatic heterocycles. The fourth-order valence-corrected chi connectivity index (χ4v) is 1.82. The van der Waals surface area contributed by atoms with Crippen molar-refractivity contribution in [2.24, 2.45) is 0 Å². The number of benzene rings is 1. The van der Waals surface area contributed by atoms with Gasteiger partial charge in [-0.25, -0.2) is 0 Å². The maximum Gasteiger partial charge on any atom is 0.0529 e. The number of nitrogens with zero attached hydrogens (tertiary/aromatic N) is 1. The number of hydrogen-bond acceptors (Lipinski definition) is 2. The summed E-state index contributed by atoms with van der Waals surface area (Å²) in [6, 6.07) is 12.7. The van der Waals surface area contributed by atoms with Gasteiger partial charge in [0.25, 0.3) is 0 Å². The predicted molar refractivity (Wildman–Crippen MR) is 72.3 cm³/mol. The number of pyridine rings is 1. The van der Waals surface area contributed by atoms with E-state index in [0.29, 0.717) is 5.92 Å². The number of nitrogens with one attached hydrogen (secondary N) is 1. The van der Waals surface area contributed by atoms with Crippen LogP contribution in [0.15, 0.2) is 48.8 Å². The van der Waals surface area contributed by atoms with Gasteiger partial charge in [0.2, 0.25) is 0 Å². The number of hydrogen-bond donors (Lipinski definition) is 1. The van der Waals surface area contributed by atoms with E-state index in [1.807, 2.05) is 18.5 Å². The second-order valence-electron chi connectivity index (χ2n) is 4.44. The van der Waals surface area contributed by atoms with Crippen molar-refractivity contribution < 1.29 is 0 Å². The summed E-state index contributed by atoms with van der Waals surface area (Å²) in [6.45, 7) is 5.21. The van der Waals surface area contributed by atoms with Crippen molar-refractivity contribution in [2.45, 2.75) is 19.8 Å². The summed E-state index contributed by atoms with van der Waals surface area (Å²) >= 11 is 0. The van der Waals surface area contributed by atoms with Crippen molar-refractivity contribution in [3.05, 3.63) is 59.9 Å². The van der Waals surface area contributed by atoms with Crippen LogP contribution in [0.2, 0.25) is 0 Å². The lowest BCUT2D eigenvalue weighted by atomic mass is 10.0. The number of aromatic nitrogens is 1. The largest absolute Gasteiger partial charge is 0.383 e. The lowest BCUT2D eigenvalue weighted by Crippen LogP contribution is -2.09. The Bertz CT molecular complexity index is 465. The van der Waals surface area contributed by atoms with Crippen molar-refractivity contribution in [1.29, 1.82) is 0 Å². The zero-order valence-electron chi connectivity index (χ0n) is 10.4. The molecule has 1 N–H and O–H groups in total. The first-order chi connectivity index (χ1) is 8.25. The minimum absolute atomic E-state index is 0.497. The second-order valence-corrected chi connectivity index (χ2v) is 4.44. The van der Waals surface area contributed by atoms with Crippen LogP contribution in [0.1, 0.15) is 24.0 Å². The van der Waals surface area contributed by atoms with Crippen molar-refractivity contribution in [3.8, 4) is 0 Å². The fraction of sp³-hybridized carbons (Fsp3) is 0.267. The molecular weight excluding hydrogens is 208 g/mol. The molecule has 1 aromatic carbocycles. The Hall–Kier alpha value is -1.83. The SMILES string of the molecule is Cc1cncc(NCC(C)c2ccccc2)c1. The summed E-state index contributed by atoms with van der Waals surface area (Å²) in [6.07, 6.45) is 3.73. The third kappa shape index (κ3) is 3.31. The average molecular weight is 226 g/mol. The molecule has 1 aromatic heterocycles. The van der Waals surface area contributed by atoms with Gasteiger partial charge in [-0.15, -0.1) is 0 Å². The fourth-order valence-electron chi connectivity index (χ4n) is 1.82. The van der Waals surface area contributed by atoms with Crippen molar-refractivity contribution in [2.75, 3.05) is 11.9 Å². The first-order valence-corrected chi connectivity index (χ1v) is 5.96. The van der Waals surface area contributed by atoms with Crippen LogP contribution < -0.4 is 5.32 Å². The Morgan fingerprint density at radius 3 is 2.65 bits per heavy atom. The van der Waals surface area contributed by atoms with Gasteiger partial charge in [0.1, 0.15) is 0 Å². The van der Waals surface area contributed by atoms with Gasteiger partial charge in [-0.3, -0.25) is 4.98 Å². The molecule has 2 nitrogen and oxygen atoms in total. The van der Waals surface area contributed by atoms with Crippen LogP contribution in [-0.4, -0.2) is 11.5 Å². The topological polar surface area (TPSA) is 24.9 Å². The Kier molecular flexibility index (Phi) is 3.76. The van der Waals surface area contributed by atoms with E-state index < -0.39 is 0 Å². The maximum atomic E-state index is 4.17. The van der Waals surface area contributed by atoms with E-state index in [1.165, 1.54) is 11.1 Å². The standard InChI is InChI=1S/C15H18N2/c1-12-8-15(11-16-9-12)17-10-13(2)14-6-4-3-5-7-14/h3-9,11,13,17H,10H2,1-2H3. The van der Waals surface area contributed by atoms with E-state index in [-0.39, 0.29) is 0 Å². The molecule has 0 saturated carbocycles. The van der Waals surface area contributed by atoms with Crippen LogP contribution in [0, 0.1) is 6.92 Å². The molecule has 88 valence electrons. The lowest BCUT2D eigenvalue weighted by Gasteiger charge is -2.14. The zero-order valence-corrected chi connectivity index (χ0v) is 10.4. The molecule has 1 heterocycles. The van der Waals surface area contributed by atoms with Gasteiger partial charge in [0.15, 0.2) is 0 Å². The molecular formula is C15H18N2. The van der Waals surface area contributed by atoms with Crippen LogP contribution in [0.5, 0.6) is 0 Å². The van der Waals surface area contributed by atoms with E-state index >= 15 is 0 Å². The third-order valence-electron chi connectivity index (χ3n) is 2.86. The van der Waals surface area contributed by atoms with E-state index in [4.69, 9.17) is 0 Å². The molecule has 0 radical (unpaired) electrons. The van der Waals surface area contributed by atoms with E-state index in [9.17, 15) is 0 Å². The highest BCUT2D eigenvalue weighted by atomic mass is 14.9. The Morgan fingerprint density at radius 1 is 1.18 bits per heavy atom. The van der Waals surface area contributed by atoms with Crippen LogP contribution in [0.3, 0.4) is 0 Å². The van der Waals surface area contributed by atoms with Gasteiger partial charge in [-0.1, -0.05) is 37.3 Å². The Balaban J connectivity index is 1.95. The highest BCUT2D eigenvalue weighted by Crippen LogP contribution is 2.16. The smallest absolute Gasteiger partial charge is 0.0529 e. The van der Waals surface area contributed by atoms with E-state index in [2.05, 4.69) is 54.5 Å². The monoisotopic (exact) mass is 226 g/mol. The number of anilines is 1. The molecule has 1 atom stereocenters. The Morgan fingerprint density at radius 2 is 1.94 bits per heavy atom. The van der Waals surface area contributed by atoms with Crippen LogP contribution in [-0.2, 0) is 0 Å². The normalized spacial score (nSPS) is 12.1. The summed E-state index contributed by atoms with van der Waals surface area (Å²) < 4.78 is 0. The number of rotatable bonds is 4. The zero-order chi connectivity index (χ0) is 12.1. The summed E-state index contributed by atoms with van der Waals surface area (Å²) in [4.78, 5) is 4.17. The summed E-state index contributed by atoms with van der Waals surface area (Å²) in [7, 11) is 0. The lowest BCUT2D eigenvalue weighted by molar-refractivity contribution is 0.804. The minimum Gasteiger partial charge on any atom is -0.383 e. The highest BCUT2D eigenvalue weighted by Gasteiger charge is 2.04. The molecule has 17 heavy (non-hydrogen) atoms. The van der Waals surface area contributed by atoms with Gasteiger partial charge < -0.3 is 5.32 Å². The van der Waals surface area contributed by atoms with Crippen LogP contribution >= 0.6 is 0 Å². The van der Waals surface area contributed by atoms with E-state index in [0.717, 1.165) is 12.2 Å². The summed E-state index contributed by atoms with van der Waals surface area (Å²) in [5, 5.41) is 3.42. The molecule has 0 bridgehead atoms. The van der Waals surface area contributed by atoms with Gasteiger partial charge >= 0.3 is 0 Å². The van der Waals surface area contributed by atoms with E-state index in [1.54, 1.807) is 0 Å². The molecule has 0 spiro atoms. The predicted octanol–water partition coefficient (Wildman–Crippen LogP) is 3.61. The third-order valence-corrected chi connectivity index (χ3v) is 2.86. The van der Waals surface area contributed by atoms with Crippen molar-refractivity contribution >= 4 is 5.69 Å². The molecule has 0 aliphatic carbocycles. The van der Waals surface area contributed by atoms with Crippen LogP contribution in [0.25, 0.3) is 0 Å². The maximum absolute atomic E-state index is 4.17. The van der Waals surface area contributed by atoms with Gasteiger partial charge in [-0.2, -0.15) is 0 Å². The summed E-state index contributed by atoms with van der Waals surface area (Å²) in [5.74, 6) is 0.497. The molecule has 0 saturated heterocycles. The molecule has 1 unspecified atom stereocenters. The molecule has 2 heteroatoms. The van der Waals surface area contributed by atoms with Crippen molar-refractivity contribution in [1.82, 2.24) is 4.98 Å². The highest BCUT2D eigenvalue weighted by molar-refractivity contribution is 5.43. The van der Waals surface area contributed by atoms with Gasteiger partial charge in [0, 0.05) is 18.9 Å². The Labute approximate surface area is 103 Å². The first-order valence-electron chi connectivity index (χ1n) is 5.96. The first kappa shape index (κ1) is 11.6. The number of aryl methyl sites for hydroxylation is 1. The molecule has 0 amide bonds. The molecule has 2 aromatic rings. The molecule has 0 aliphatic rings. The second kappa shape index (κ2) is 5.48. The quantitative estimate of drug-likeness (QED) is 0.861. The van der Waals surface area contributed by atoms with Gasteiger partial charge in [-0.05, 0) is 30.0 Å². The molecule has 0 fully saturated rings. The summed E-state index contributed by atoms with van der Waals surface area (Å²) in [5.41, 5.74) is 3.63. The van der Waals surface area contributed by atoms with Crippen molar-refractivity contribution in [3.63, 3.8) is 0 Å².